The van der Waals surface area contributed by atoms with Crippen molar-refractivity contribution >= 4 is 29.1 Å². The molecular formula is C22H15N3O3S. The molecule has 29 heavy (non-hydrogen) atoms. The molecule has 7 heteroatoms. The molecular weight excluding hydrogens is 386 g/mol. The smallest absolute Gasteiger partial charge is 0.345 e. The van der Waals surface area contributed by atoms with Crippen LogP contribution < -0.4 is 9.54 Å². The standard InChI is InChI=1S/C22H15N3O3S/c26-19(16-10-4-1-5-11-16)25-21(28-20(27)17-12-6-2-7-13-17)24-29-22(25)23-18-14-8-3-9-15-18/h1-15H. The second-order valence-electron chi connectivity index (χ2n) is 5.96. The molecule has 0 bridgehead atoms. The third-order valence-electron chi connectivity index (χ3n) is 3.99. The Kier molecular flexibility index (Phi) is 5.40. The number of hydrogen-bond acceptors (Lipinski definition) is 6. The van der Waals surface area contributed by atoms with Crippen LogP contribution in [0.25, 0.3) is 0 Å². The van der Waals surface area contributed by atoms with Crippen LogP contribution in [0.15, 0.2) is 96.0 Å². The summed E-state index contributed by atoms with van der Waals surface area (Å²) in [5, 5.41) is 0. The molecule has 0 atom stereocenters. The topological polar surface area (TPSA) is 73.5 Å². The van der Waals surface area contributed by atoms with E-state index in [1.807, 2.05) is 36.4 Å². The largest absolute Gasteiger partial charge is 0.387 e. The summed E-state index contributed by atoms with van der Waals surface area (Å²) in [6, 6.07) is 26.3. The highest BCUT2D eigenvalue weighted by atomic mass is 32.1. The van der Waals surface area contributed by atoms with Gasteiger partial charge in [0, 0.05) is 17.1 Å². The van der Waals surface area contributed by atoms with E-state index < -0.39 is 5.97 Å². The summed E-state index contributed by atoms with van der Waals surface area (Å²) < 4.78 is 10.8. The van der Waals surface area contributed by atoms with Crippen LogP contribution in [0.3, 0.4) is 0 Å². The van der Waals surface area contributed by atoms with Crippen LogP contribution in [-0.4, -0.2) is 20.8 Å². The Labute approximate surface area is 170 Å². The number of esters is 1. The van der Waals surface area contributed by atoms with Crippen molar-refractivity contribution in [2.75, 3.05) is 0 Å². The maximum atomic E-state index is 13.1. The van der Waals surface area contributed by atoms with Gasteiger partial charge in [-0.05, 0) is 36.4 Å². The molecule has 4 aromatic rings. The number of hydrogen-bond donors (Lipinski definition) is 0. The Morgan fingerprint density at radius 2 is 1.34 bits per heavy atom. The van der Waals surface area contributed by atoms with Crippen molar-refractivity contribution < 1.29 is 14.3 Å². The molecule has 0 fully saturated rings. The predicted molar refractivity (Wildman–Crippen MR) is 109 cm³/mol. The summed E-state index contributed by atoms with van der Waals surface area (Å²) in [4.78, 5) is 30.4. The summed E-state index contributed by atoms with van der Waals surface area (Å²) in [5.74, 6) is -0.985. The summed E-state index contributed by atoms with van der Waals surface area (Å²) in [6.45, 7) is 0. The number of ether oxygens (including phenoxy) is 1. The first-order chi connectivity index (χ1) is 14.2. The number of carbonyl (C=O) groups is 2. The van der Waals surface area contributed by atoms with Crippen LogP contribution >= 0.6 is 11.5 Å². The highest BCUT2D eigenvalue weighted by Crippen LogP contribution is 2.15. The molecule has 0 amide bonds. The monoisotopic (exact) mass is 401 g/mol. The Hall–Kier alpha value is -3.84. The Morgan fingerprint density at radius 3 is 1.97 bits per heavy atom. The molecule has 0 aliphatic heterocycles. The van der Waals surface area contributed by atoms with Gasteiger partial charge in [-0.15, -0.1) is 4.37 Å². The summed E-state index contributed by atoms with van der Waals surface area (Å²) in [7, 11) is 0. The van der Waals surface area contributed by atoms with Crippen molar-refractivity contribution in [3.05, 3.63) is 107 Å². The highest BCUT2D eigenvalue weighted by molar-refractivity contribution is 7.03. The van der Waals surface area contributed by atoms with Crippen LogP contribution in [0.5, 0.6) is 6.01 Å². The first kappa shape index (κ1) is 18.5. The normalized spacial score (nSPS) is 11.2. The van der Waals surface area contributed by atoms with E-state index in [4.69, 9.17) is 4.74 Å². The molecule has 0 saturated heterocycles. The van der Waals surface area contributed by atoms with Gasteiger partial charge in [0.05, 0.1) is 11.3 Å². The molecule has 0 spiro atoms. The van der Waals surface area contributed by atoms with Crippen LogP contribution in [0.1, 0.15) is 20.7 Å². The quantitative estimate of drug-likeness (QED) is 0.483. The number of nitrogens with zero attached hydrogens (tertiary/aromatic N) is 3. The number of aromatic nitrogens is 2. The van der Waals surface area contributed by atoms with Gasteiger partial charge in [0.2, 0.25) is 4.80 Å². The van der Waals surface area contributed by atoms with E-state index in [0.717, 1.165) is 11.5 Å². The van der Waals surface area contributed by atoms with Gasteiger partial charge in [0.15, 0.2) is 0 Å². The molecule has 1 aromatic heterocycles. The Bertz CT molecular complexity index is 1200. The zero-order valence-corrected chi connectivity index (χ0v) is 16.0. The summed E-state index contributed by atoms with van der Waals surface area (Å²) in [5.41, 5.74) is 1.45. The van der Waals surface area contributed by atoms with E-state index in [0.29, 0.717) is 21.6 Å². The van der Waals surface area contributed by atoms with Gasteiger partial charge < -0.3 is 4.74 Å². The lowest BCUT2D eigenvalue weighted by Gasteiger charge is -2.06. The lowest BCUT2D eigenvalue weighted by Crippen LogP contribution is -2.26. The van der Waals surface area contributed by atoms with Gasteiger partial charge in [-0.1, -0.05) is 54.6 Å². The van der Waals surface area contributed by atoms with Crippen LogP contribution in [0.2, 0.25) is 0 Å². The van der Waals surface area contributed by atoms with E-state index in [2.05, 4.69) is 9.37 Å². The second-order valence-corrected chi connectivity index (χ2v) is 6.69. The molecule has 0 aliphatic rings. The fourth-order valence-electron chi connectivity index (χ4n) is 2.59. The third kappa shape index (κ3) is 4.20. The van der Waals surface area contributed by atoms with Crippen LogP contribution in [0, 0.1) is 0 Å². The first-order valence-electron chi connectivity index (χ1n) is 8.78. The zero-order chi connectivity index (χ0) is 20.1. The van der Waals surface area contributed by atoms with E-state index in [1.165, 1.54) is 4.57 Å². The molecule has 3 aromatic carbocycles. The van der Waals surface area contributed by atoms with E-state index in [-0.39, 0.29) is 11.9 Å². The van der Waals surface area contributed by atoms with Gasteiger partial charge in [0.25, 0.3) is 5.91 Å². The third-order valence-corrected chi connectivity index (χ3v) is 4.67. The minimum absolute atomic E-state index is 0.118. The van der Waals surface area contributed by atoms with Crippen molar-refractivity contribution in [1.82, 2.24) is 8.94 Å². The van der Waals surface area contributed by atoms with Crippen molar-refractivity contribution in [1.29, 1.82) is 0 Å². The maximum absolute atomic E-state index is 13.1. The van der Waals surface area contributed by atoms with Gasteiger partial charge in [-0.25, -0.2) is 14.4 Å². The average Bonchev–Trinajstić information content (AvgIpc) is 3.17. The fourth-order valence-corrected chi connectivity index (χ4v) is 3.26. The molecule has 1 heterocycles. The molecule has 142 valence electrons. The molecule has 0 aliphatic carbocycles. The van der Waals surface area contributed by atoms with Gasteiger partial charge >= 0.3 is 12.0 Å². The number of para-hydroxylation sites is 1. The molecule has 0 unspecified atom stereocenters. The Balaban J connectivity index is 1.78. The molecule has 0 radical (unpaired) electrons. The summed E-state index contributed by atoms with van der Waals surface area (Å²) in [6.07, 6.45) is 0. The van der Waals surface area contributed by atoms with Crippen molar-refractivity contribution in [2.24, 2.45) is 4.99 Å². The average molecular weight is 401 g/mol. The van der Waals surface area contributed by atoms with E-state index in [9.17, 15) is 9.59 Å². The molecule has 4 rings (SSSR count). The lowest BCUT2D eigenvalue weighted by atomic mass is 10.2. The number of rotatable bonds is 4. The summed E-state index contributed by atoms with van der Waals surface area (Å²) >= 11 is 0.979. The first-order valence-corrected chi connectivity index (χ1v) is 9.55. The minimum Gasteiger partial charge on any atom is -0.387 e. The highest BCUT2D eigenvalue weighted by Gasteiger charge is 2.21. The molecule has 0 saturated carbocycles. The van der Waals surface area contributed by atoms with Crippen molar-refractivity contribution in [3.63, 3.8) is 0 Å². The number of benzene rings is 3. The Morgan fingerprint density at radius 1 is 0.793 bits per heavy atom. The van der Waals surface area contributed by atoms with Crippen molar-refractivity contribution in [3.8, 4) is 6.01 Å². The van der Waals surface area contributed by atoms with Crippen molar-refractivity contribution in [2.45, 2.75) is 0 Å². The van der Waals surface area contributed by atoms with Gasteiger partial charge in [0.1, 0.15) is 0 Å². The zero-order valence-electron chi connectivity index (χ0n) is 15.1. The second kappa shape index (κ2) is 8.45. The predicted octanol–water partition coefficient (Wildman–Crippen LogP) is 4.08. The fraction of sp³-hybridized carbons (Fsp3) is 0. The molecule has 0 N–H and O–H groups in total. The van der Waals surface area contributed by atoms with E-state index in [1.54, 1.807) is 54.6 Å². The maximum Gasteiger partial charge on any atom is 0.345 e. The minimum atomic E-state index is -0.600. The van der Waals surface area contributed by atoms with Crippen LogP contribution in [-0.2, 0) is 0 Å². The van der Waals surface area contributed by atoms with Gasteiger partial charge in [-0.2, -0.15) is 0 Å². The van der Waals surface area contributed by atoms with E-state index >= 15 is 0 Å². The van der Waals surface area contributed by atoms with Crippen LogP contribution in [0.4, 0.5) is 5.69 Å². The lowest BCUT2D eigenvalue weighted by molar-refractivity contribution is 0.0708. The number of carbonyl (C=O) groups excluding carboxylic acids is 2. The van der Waals surface area contributed by atoms with Gasteiger partial charge in [-0.3, -0.25) is 4.79 Å². The SMILES string of the molecule is O=C(Oc1nsc(=Nc2ccccc2)n1C(=O)c1ccccc1)c1ccccc1. The molecule has 6 nitrogen and oxygen atoms in total.